The molecule has 220 valence electrons. The molecule has 0 aromatic heterocycles. The lowest BCUT2D eigenvalue weighted by molar-refractivity contribution is -0.140. The molecule has 0 heterocycles. The van der Waals surface area contributed by atoms with E-state index in [9.17, 15) is 18.0 Å². The molecule has 0 saturated heterocycles. The summed E-state index contributed by atoms with van der Waals surface area (Å²) in [4.78, 5) is 29.0. The lowest BCUT2D eigenvalue weighted by atomic mass is 10.1. The number of amides is 2. The number of nitrogens with one attached hydrogen (secondary N) is 1. The van der Waals surface area contributed by atoms with Crippen molar-refractivity contribution in [3.8, 4) is 0 Å². The molecule has 0 aliphatic carbocycles. The van der Waals surface area contributed by atoms with E-state index in [1.165, 1.54) is 23.1 Å². The van der Waals surface area contributed by atoms with Crippen molar-refractivity contribution < 1.29 is 18.0 Å². The Morgan fingerprint density at radius 2 is 1.56 bits per heavy atom. The second-order valence-electron chi connectivity index (χ2n) is 10.1. The van der Waals surface area contributed by atoms with E-state index in [-0.39, 0.29) is 39.1 Å². The van der Waals surface area contributed by atoms with Crippen LogP contribution in [0.3, 0.4) is 0 Å². The van der Waals surface area contributed by atoms with Crippen molar-refractivity contribution in [1.29, 1.82) is 0 Å². The number of halogens is 2. The SMILES string of the molecule is CC[C@H](C(=O)N[C@@H](C)CC)N(Cc1ccccc1C)C(=O)CN(c1cccc(Cl)c1Cl)S(=O)(=O)c1ccc(C)cc1. The Hall–Kier alpha value is -3.07. The summed E-state index contributed by atoms with van der Waals surface area (Å²) in [5, 5.41) is 3.13. The van der Waals surface area contributed by atoms with E-state index in [0.717, 1.165) is 27.4 Å². The fraction of sp³-hybridized carbons (Fsp3) is 0.355. The van der Waals surface area contributed by atoms with Crippen molar-refractivity contribution in [3.05, 3.63) is 93.5 Å². The first-order valence-electron chi connectivity index (χ1n) is 13.6. The number of rotatable bonds is 12. The Balaban J connectivity index is 2.11. The average Bonchev–Trinajstić information content (AvgIpc) is 2.94. The third-order valence-corrected chi connectivity index (χ3v) is 9.66. The largest absolute Gasteiger partial charge is 0.352 e. The summed E-state index contributed by atoms with van der Waals surface area (Å²) in [5.74, 6) is -0.844. The highest BCUT2D eigenvalue weighted by Gasteiger charge is 2.35. The fourth-order valence-electron chi connectivity index (χ4n) is 4.37. The molecule has 41 heavy (non-hydrogen) atoms. The molecule has 0 aliphatic rings. The van der Waals surface area contributed by atoms with Gasteiger partial charge in [0.15, 0.2) is 0 Å². The number of carbonyl (C=O) groups excluding carboxylic acids is 2. The van der Waals surface area contributed by atoms with Crippen molar-refractivity contribution in [2.75, 3.05) is 10.8 Å². The number of anilines is 1. The molecular formula is C31H37Cl2N3O4S. The molecule has 0 radical (unpaired) electrons. The highest BCUT2D eigenvalue weighted by molar-refractivity contribution is 7.92. The lowest BCUT2D eigenvalue weighted by Gasteiger charge is -2.34. The summed E-state index contributed by atoms with van der Waals surface area (Å²) in [6.07, 6.45) is 1.06. The van der Waals surface area contributed by atoms with Gasteiger partial charge in [-0.3, -0.25) is 13.9 Å². The van der Waals surface area contributed by atoms with Gasteiger partial charge in [0.05, 0.1) is 20.6 Å². The Kier molecular flexibility index (Phi) is 11.2. The molecule has 3 rings (SSSR count). The number of carbonyl (C=O) groups is 2. The Labute approximate surface area is 253 Å². The van der Waals surface area contributed by atoms with Gasteiger partial charge in [-0.05, 0) is 69.0 Å². The van der Waals surface area contributed by atoms with Gasteiger partial charge >= 0.3 is 0 Å². The fourth-order valence-corrected chi connectivity index (χ4v) is 6.24. The first-order chi connectivity index (χ1) is 19.4. The Bertz CT molecular complexity index is 1480. The maximum atomic E-state index is 14.2. The molecule has 0 fully saturated rings. The zero-order valence-corrected chi connectivity index (χ0v) is 26.4. The predicted octanol–water partition coefficient (Wildman–Crippen LogP) is 6.53. The zero-order valence-electron chi connectivity index (χ0n) is 24.0. The van der Waals surface area contributed by atoms with Crippen LogP contribution in [0.5, 0.6) is 0 Å². The summed E-state index contributed by atoms with van der Waals surface area (Å²) >= 11 is 12.8. The van der Waals surface area contributed by atoms with Crippen LogP contribution in [0.25, 0.3) is 0 Å². The molecule has 1 N–H and O–H groups in total. The molecule has 2 atom stereocenters. The first kappa shape index (κ1) is 32.4. The summed E-state index contributed by atoms with van der Waals surface area (Å²) in [6.45, 7) is 9.00. The van der Waals surface area contributed by atoms with Crippen molar-refractivity contribution in [2.24, 2.45) is 0 Å². The monoisotopic (exact) mass is 617 g/mol. The summed E-state index contributed by atoms with van der Waals surface area (Å²) < 4.78 is 29.0. The molecule has 0 aliphatic heterocycles. The molecule has 0 saturated carbocycles. The van der Waals surface area contributed by atoms with Crippen LogP contribution in [0.4, 0.5) is 5.69 Å². The van der Waals surface area contributed by atoms with Crippen LogP contribution < -0.4 is 9.62 Å². The van der Waals surface area contributed by atoms with E-state index in [4.69, 9.17) is 23.2 Å². The van der Waals surface area contributed by atoms with E-state index < -0.39 is 28.5 Å². The standard InChI is InChI=1S/C31H37Cl2N3O4S/c1-6-23(5)34-31(38)27(7-2)35(19-24-12-9-8-11-22(24)4)29(37)20-36(28-14-10-13-26(32)30(28)33)41(39,40)25-17-15-21(3)16-18-25/h8-18,23,27H,6-7,19-20H2,1-5H3,(H,34,38)/t23-,27+/m0/s1. The molecule has 2 amide bonds. The lowest BCUT2D eigenvalue weighted by Crippen LogP contribution is -2.53. The van der Waals surface area contributed by atoms with Gasteiger partial charge in [0, 0.05) is 12.6 Å². The summed E-state index contributed by atoms with van der Waals surface area (Å²) in [5.41, 5.74) is 2.75. The van der Waals surface area contributed by atoms with Gasteiger partial charge in [0.25, 0.3) is 10.0 Å². The molecule has 3 aromatic rings. The van der Waals surface area contributed by atoms with Gasteiger partial charge in [-0.1, -0.05) is 85.1 Å². The van der Waals surface area contributed by atoms with E-state index in [2.05, 4.69) is 5.32 Å². The average molecular weight is 619 g/mol. The maximum Gasteiger partial charge on any atom is 0.264 e. The van der Waals surface area contributed by atoms with Crippen molar-refractivity contribution in [3.63, 3.8) is 0 Å². The molecule has 3 aromatic carbocycles. The van der Waals surface area contributed by atoms with E-state index in [0.29, 0.717) is 6.42 Å². The molecule has 0 unspecified atom stereocenters. The predicted molar refractivity (Wildman–Crippen MR) is 166 cm³/mol. The van der Waals surface area contributed by atoms with Gasteiger partial charge in [-0.15, -0.1) is 0 Å². The van der Waals surface area contributed by atoms with Gasteiger partial charge in [0.2, 0.25) is 11.8 Å². The zero-order chi connectivity index (χ0) is 30.3. The number of aryl methyl sites for hydroxylation is 2. The summed E-state index contributed by atoms with van der Waals surface area (Å²) in [7, 11) is -4.25. The number of benzene rings is 3. The number of hydrogen-bond donors (Lipinski definition) is 1. The van der Waals surface area contributed by atoms with E-state index in [1.807, 2.05) is 58.9 Å². The maximum absolute atomic E-state index is 14.2. The van der Waals surface area contributed by atoms with Gasteiger partial charge in [0.1, 0.15) is 12.6 Å². The minimum absolute atomic E-state index is 0.000971. The first-order valence-corrected chi connectivity index (χ1v) is 15.8. The van der Waals surface area contributed by atoms with Crippen LogP contribution in [-0.2, 0) is 26.2 Å². The van der Waals surface area contributed by atoms with Crippen molar-refractivity contribution in [2.45, 2.75) is 71.0 Å². The third kappa shape index (κ3) is 7.82. The van der Waals surface area contributed by atoms with Gasteiger partial charge in [-0.2, -0.15) is 0 Å². The molecule has 0 bridgehead atoms. The normalized spacial score (nSPS) is 12.9. The highest BCUT2D eigenvalue weighted by Crippen LogP contribution is 2.35. The highest BCUT2D eigenvalue weighted by atomic mass is 35.5. The second-order valence-corrected chi connectivity index (χ2v) is 12.7. The van der Waals surface area contributed by atoms with Gasteiger partial charge < -0.3 is 10.2 Å². The van der Waals surface area contributed by atoms with Gasteiger partial charge in [-0.25, -0.2) is 8.42 Å². The third-order valence-electron chi connectivity index (χ3n) is 7.08. The van der Waals surface area contributed by atoms with Crippen LogP contribution >= 0.6 is 23.2 Å². The quantitative estimate of drug-likeness (QED) is 0.250. The molecule has 0 spiro atoms. The summed E-state index contributed by atoms with van der Waals surface area (Å²) in [6, 6.07) is 17.6. The number of hydrogen-bond acceptors (Lipinski definition) is 4. The van der Waals surface area contributed by atoms with E-state index in [1.54, 1.807) is 24.3 Å². The molecule has 7 nitrogen and oxygen atoms in total. The number of sulfonamides is 1. The number of nitrogens with zero attached hydrogens (tertiary/aromatic N) is 2. The second kappa shape index (κ2) is 14.2. The van der Waals surface area contributed by atoms with Crippen LogP contribution in [0.15, 0.2) is 71.6 Å². The van der Waals surface area contributed by atoms with Crippen LogP contribution in [0.1, 0.15) is 50.3 Å². The minimum Gasteiger partial charge on any atom is -0.352 e. The van der Waals surface area contributed by atoms with Crippen molar-refractivity contribution in [1.82, 2.24) is 10.2 Å². The van der Waals surface area contributed by atoms with Crippen LogP contribution in [0.2, 0.25) is 10.0 Å². The van der Waals surface area contributed by atoms with Crippen molar-refractivity contribution >= 4 is 50.7 Å². The topological polar surface area (TPSA) is 86.8 Å². The minimum atomic E-state index is -4.25. The Morgan fingerprint density at radius 3 is 2.17 bits per heavy atom. The smallest absolute Gasteiger partial charge is 0.264 e. The Morgan fingerprint density at radius 1 is 0.902 bits per heavy atom. The van der Waals surface area contributed by atoms with E-state index >= 15 is 0 Å². The van der Waals surface area contributed by atoms with Crippen LogP contribution in [0, 0.1) is 13.8 Å². The molecule has 10 heteroatoms. The molecular weight excluding hydrogens is 581 g/mol. The van der Waals surface area contributed by atoms with Crippen LogP contribution in [-0.4, -0.2) is 43.8 Å².